The molecule has 26 heavy (non-hydrogen) atoms. The Labute approximate surface area is 151 Å². The first-order chi connectivity index (χ1) is 12.4. The molecule has 0 aliphatic carbocycles. The van der Waals surface area contributed by atoms with Crippen molar-refractivity contribution in [3.63, 3.8) is 0 Å². The molecule has 0 spiro atoms. The van der Waals surface area contributed by atoms with E-state index >= 15 is 0 Å². The highest BCUT2D eigenvalue weighted by Crippen LogP contribution is 2.15. The lowest BCUT2D eigenvalue weighted by molar-refractivity contribution is -0.884. The van der Waals surface area contributed by atoms with E-state index < -0.39 is 17.1 Å². The maximum Gasteiger partial charge on any atom is 0.332 e. The van der Waals surface area contributed by atoms with Crippen LogP contribution in [0, 0.1) is 6.92 Å². The van der Waals surface area contributed by atoms with Gasteiger partial charge in [0.1, 0.15) is 0 Å². The number of benzene rings is 1. The van der Waals surface area contributed by atoms with E-state index in [1.165, 1.54) is 4.90 Å². The van der Waals surface area contributed by atoms with Crippen LogP contribution in [0.15, 0.2) is 39.0 Å². The third-order valence-corrected chi connectivity index (χ3v) is 4.61. The highest BCUT2D eigenvalue weighted by molar-refractivity contribution is 6.00. The summed E-state index contributed by atoms with van der Waals surface area (Å²) in [5, 5.41) is 19.2. The normalized spacial score (nSPS) is 16.1. The molecule has 2 aromatic rings. The molecule has 1 aliphatic heterocycles. The molecule has 0 atom stereocenters. The zero-order valence-electron chi connectivity index (χ0n) is 15.2. The van der Waals surface area contributed by atoms with Crippen LogP contribution >= 0.6 is 0 Å². The summed E-state index contributed by atoms with van der Waals surface area (Å²) in [5.41, 5.74) is 0.189. The Morgan fingerprint density at radius 2 is 1.81 bits per heavy atom. The molecule has 3 rings (SSSR count). The molecule has 138 valence electrons. The number of aryl methyl sites for hydroxylation is 1. The van der Waals surface area contributed by atoms with Crippen LogP contribution in [0.25, 0.3) is 5.69 Å². The minimum absolute atomic E-state index is 0.101. The van der Waals surface area contributed by atoms with Gasteiger partial charge in [0.2, 0.25) is 0 Å². The van der Waals surface area contributed by atoms with Crippen LogP contribution in [0.3, 0.4) is 0 Å². The van der Waals surface area contributed by atoms with Gasteiger partial charge in [-0.3, -0.25) is 19.4 Å². The largest absolute Gasteiger partial charge is 0.859 e. The van der Waals surface area contributed by atoms with Crippen LogP contribution in [0.2, 0.25) is 0 Å². The molecule has 8 heteroatoms. The molecule has 0 unspecified atom stereocenters. The first kappa shape index (κ1) is 17.9. The molecule has 1 aliphatic rings. The van der Waals surface area contributed by atoms with E-state index in [4.69, 9.17) is 0 Å². The van der Waals surface area contributed by atoms with Crippen molar-refractivity contribution in [1.82, 2.24) is 14.6 Å². The second kappa shape index (κ2) is 7.17. The molecule has 2 N–H and O–H groups in total. The third-order valence-electron chi connectivity index (χ3n) is 4.61. The highest BCUT2D eigenvalue weighted by atomic mass is 16.3. The maximum atomic E-state index is 12.9. The van der Waals surface area contributed by atoms with Gasteiger partial charge in [-0.25, -0.2) is 4.79 Å². The molecule has 8 nitrogen and oxygen atoms in total. The monoisotopic (exact) mass is 357 g/mol. The molecular weight excluding hydrogens is 334 g/mol. The highest BCUT2D eigenvalue weighted by Gasteiger charge is 2.17. The average molecular weight is 357 g/mol. The SMILES string of the molecule is CC(=NN1CC[NH+](C)CC1)c1c([O-])n(-c2ccc(C)cc2)c(=O)[nH]c1=O. The van der Waals surface area contributed by atoms with Crippen LogP contribution < -0.4 is 21.3 Å². The number of likely N-dealkylation sites (N-methyl/N-ethyl adjacent to an activating group) is 1. The zero-order valence-corrected chi connectivity index (χ0v) is 15.2. The van der Waals surface area contributed by atoms with Crippen molar-refractivity contribution in [3.8, 4) is 11.6 Å². The van der Waals surface area contributed by atoms with Crippen molar-refractivity contribution < 1.29 is 10.0 Å². The van der Waals surface area contributed by atoms with Crippen LogP contribution in [0.4, 0.5) is 0 Å². The number of hydrazone groups is 1. The van der Waals surface area contributed by atoms with Gasteiger partial charge in [0.25, 0.3) is 5.56 Å². The van der Waals surface area contributed by atoms with E-state index in [2.05, 4.69) is 17.1 Å². The fourth-order valence-electron chi connectivity index (χ4n) is 3.00. The van der Waals surface area contributed by atoms with E-state index in [0.717, 1.165) is 36.3 Å². The Hall–Kier alpha value is -2.87. The summed E-state index contributed by atoms with van der Waals surface area (Å²) < 4.78 is 0.976. The van der Waals surface area contributed by atoms with E-state index in [1.54, 1.807) is 31.2 Å². The summed E-state index contributed by atoms with van der Waals surface area (Å²) in [4.78, 5) is 28.1. The lowest BCUT2D eigenvalue weighted by atomic mass is 10.2. The molecule has 1 aromatic heterocycles. The number of hydrogen-bond donors (Lipinski definition) is 2. The number of aromatic nitrogens is 2. The lowest BCUT2D eigenvalue weighted by Gasteiger charge is -2.28. The third kappa shape index (κ3) is 3.55. The Bertz CT molecular complexity index is 935. The van der Waals surface area contributed by atoms with Gasteiger partial charge in [0, 0.05) is 5.69 Å². The van der Waals surface area contributed by atoms with Crippen LogP contribution in [-0.2, 0) is 0 Å². The molecule has 0 amide bonds. The Morgan fingerprint density at radius 3 is 2.42 bits per heavy atom. The van der Waals surface area contributed by atoms with Gasteiger partial charge in [-0.2, -0.15) is 5.10 Å². The predicted octanol–water partition coefficient (Wildman–Crippen LogP) is -1.54. The number of rotatable bonds is 3. The minimum atomic E-state index is -0.747. The number of nitrogens with one attached hydrogen (secondary N) is 2. The van der Waals surface area contributed by atoms with E-state index in [-0.39, 0.29) is 5.56 Å². The second-order valence-electron chi connectivity index (χ2n) is 6.71. The van der Waals surface area contributed by atoms with Crippen LogP contribution in [-0.4, -0.2) is 53.5 Å². The van der Waals surface area contributed by atoms with Gasteiger partial charge in [-0.15, -0.1) is 0 Å². The van der Waals surface area contributed by atoms with E-state index in [9.17, 15) is 14.7 Å². The summed E-state index contributed by atoms with van der Waals surface area (Å²) in [5.74, 6) is -0.649. The number of hydrogen-bond acceptors (Lipinski definition) is 5. The predicted molar refractivity (Wildman–Crippen MR) is 97.2 cm³/mol. The van der Waals surface area contributed by atoms with E-state index in [1.807, 2.05) is 11.9 Å². The summed E-state index contributed by atoms with van der Waals surface area (Å²) in [6.45, 7) is 6.94. The molecule has 0 bridgehead atoms. The topological polar surface area (TPSA) is 98.0 Å². The van der Waals surface area contributed by atoms with Crippen molar-refractivity contribution >= 4 is 5.71 Å². The number of H-pyrrole nitrogens is 1. The Kier molecular flexibility index (Phi) is 4.94. The first-order valence-electron chi connectivity index (χ1n) is 8.62. The van der Waals surface area contributed by atoms with Gasteiger partial charge >= 0.3 is 5.69 Å². The maximum absolute atomic E-state index is 12.9. The van der Waals surface area contributed by atoms with Crippen molar-refractivity contribution in [1.29, 1.82) is 0 Å². The van der Waals surface area contributed by atoms with Crippen molar-refractivity contribution in [3.05, 3.63) is 56.2 Å². The molecule has 0 radical (unpaired) electrons. The molecule has 2 heterocycles. The lowest BCUT2D eigenvalue weighted by Crippen LogP contribution is -3.11. The summed E-state index contributed by atoms with van der Waals surface area (Å²) in [6.07, 6.45) is 0. The molecule has 1 aromatic carbocycles. The van der Waals surface area contributed by atoms with Crippen molar-refractivity contribution in [2.75, 3.05) is 33.2 Å². The molecule has 1 fully saturated rings. The van der Waals surface area contributed by atoms with E-state index in [0.29, 0.717) is 11.4 Å². The van der Waals surface area contributed by atoms with Gasteiger partial charge < -0.3 is 10.0 Å². The number of aromatic amines is 1. The fourth-order valence-corrected chi connectivity index (χ4v) is 3.00. The van der Waals surface area contributed by atoms with Crippen molar-refractivity contribution in [2.45, 2.75) is 13.8 Å². The second-order valence-corrected chi connectivity index (χ2v) is 6.71. The number of quaternary nitrogens is 1. The zero-order chi connectivity index (χ0) is 18.8. The Balaban J connectivity index is 2.05. The molecular formula is C18H23N5O3. The summed E-state index contributed by atoms with van der Waals surface area (Å²) in [7, 11) is 2.12. The quantitative estimate of drug-likeness (QED) is 0.651. The molecule has 1 saturated heterocycles. The number of nitrogens with zero attached hydrogens (tertiary/aromatic N) is 3. The summed E-state index contributed by atoms with van der Waals surface area (Å²) >= 11 is 0. The first-order valence-corrected chi connectivity index (χ1v) is 8.62. The minimum Gasteiger partial charge on any atom is -0.859 e. The van der Waals surface area contributed by atoms with Crippen LogP contribution in [0.5, 0.6) is 5.88 Å². The van der Waals surface area contributed by atoms with Gasteiger partial charge in [-0.1, -0.05) is 17.7 Å². The van der Waals surface area contributed by atoms with Crippen LogP contribution in [0.1, 0.15) is 18.1 Å². The van der Waals surface area contributed by atoms with Gasteiger partial charge in [0.05, 0.1) is 44.5 Å². The molecule has 0 saturated carbocycles. The fraction of sp³-hybridized carbons (Fsp3) is 0.389. The smallest absolute Gasteiger partial charge is 0.332 e. The average Bonchev–Trinajstić information content (AvgIpc) is 2.58. The van der Waals surface area contributed by atoms with Crippen molar-refractivity contribution in [2.24, 2.45) is 5.10 Å². The van der Waals surface area contributed by atoms with Gasteiger partial charge in [-0.05, 0) is 31.9 Å². The van der Waals surface area contributed by atoms with Gasteiger partial charge in [0.15, 0.2) is 0 Å². The standard InChI is InChI=1S/C18H23N5O3/c1-12-4-6-14(7-5-12)23-17(25)15(16(24)19-18(23)26)13(2)20-22-10-8-21(3)9-11-22/h4-7,25H,8-11H2,1-3H3,(H,19,24,26). The Morgan fingerprint density at radius 1 is 1.19 bits per heavy atom. The summed E-state index contributed by atoms with van der Waals surface area (Å²) in [6, 6.07) is 6.96. The number of piperazine rings is 1.